The lowest BCUT2D eigenvalue weighted by Gasteiger charge is -2.13. The van der Waals surface area contributed by atoms with Crippen LogP contribution in [0.5, 0.6) is 0 Å². The molecule has 10 aromatic carbocycles. The van der Waals surface area contributed by atoms with Gasteiger partial charge in [0.15, 0.2) is 17.5 Å². The van der Waals surface area contributed by atoms with Crippen molar-refractivity contribution >= 4 is 21.5 Å². The van der Waals surface area contributed by atoms with E-state index < -0.39 is 0 Å². The molecule has 4 heteroatoms. The second-order valence-electron chi connectivity index (χ2n) is 15.9. The lowest BCUT2D eigenvalue weighted by Crippen LogP contribution is -2.01. The molecule has 4 nitrogen and oxygen atoms in total. The monoisotopic (exact) mass is 814 g/mol. The maximum absolute atomic E-state index is 10.4. The van der Waals surface area contributed by atoms with E-state index >= 15 is 0 Å². The molecule has 0 amide bonds. The summed E-state index contributed by atoms with van der Waals surface area (Å²) < 4.78 is 0. The Morgan fingerprint density at radius 1 is 0.266 bits per heavy atom. The van der Waals surface area contributed by atoms with Crippen LogP contribution in [0.4, 0.5) is 0 Å². The fraction of sp³-hybridized carbons (Fsp3) is 0. The summed E-state index contributed by atoms with van der Waals surface area (Å²) in [5, 5.41) is 15.4. The third-order valence-electron chi connectivity index (χ3n) is 12.0. The van der Waals surface area contributed by atoms with Gasteiger partial charge in [-0.3, -0.25) is 0 Å². The number of rotatable bonds is 8. The minimum absolute atomic E-state index is 0.605. The normalized spacial score (nSPS) is 11.1. The Kier molecular flexibility index (Phi) is 9.89. The van der Waals surface area contributed by atoms with E-state index in [1.807, 2.05) is 66.7 Å². The average molecular weight is 815 g/mol. The number of fused-ring (bicyclic) bond motifs is 3. The van der Waals surface area contributed by atoms with Crippen LogP contribution in [0.2, 0.25) is 0 Å². The molecule has 11 aromatic rings. The fourth-order valence-corrected chi connectivity index (χ4v) is 8.77. The van der Waals surface area contributed by atoms with Crippen molar-refractivity contribution < 1.29 is 0 Å². The molecule has 0 N–H and O–H groups in total. The molecule has 64 heavy (non-hydrogen) atoms. The van der Waals surface area contributed by atoms with Gasteiger partial charge in [-0.1, -0.05) is 212 Å². The third kappa shape index (κ3) is 7.28. The van der Waals surface area contributed by atoms with E-state index in [9.17, 15) is 5.26 Å². The summed E-state index contributed by atoms with van der Waals surface area (Å²) in [6, 6.07) is 82.2. The van der Waals surface area contributed by atoms with Crippen molar-refractivity contribution in [3.05, 3.63) is 236 Å². The molecule has 0 unspecified atom stereocenters. The van der Waals surface area contributed by atoms with Crippen LogP contribution in [-0.2, 0) is 0 Å². The van der Waals surface area contributed by atoms with Gasteiger partial charge in [-0.25, -0.2) is 15.0 Å². The highest BCUT2D eigenvalue weighted by molar-refractivity contribution is 6.13. The molecule has 298 valence electrons. The van der Waals surface area contributed by atoms with E-state index in [4.69, 9.17) is 15.0 Å². The van der Waals surface area contributed by atoms with Crippen LogP contribution in [0, 0.1) is 11.3 Å². The second-order valence-corrected chi connectivity index (χ2v) is 15.9. The first-order valence-electron chi connectivity index (χ1n) is 21.4. The van der Waals surface area contributed by atoms with Crippen LogP contribution < -0.4 is 0 Å². The highest BCUT2D eigenvalue weighted by Gasteiger charge is 2.17. The van der Waals surface area contributed by atoms with Gasteiger partial charge < -0.3 is 0 Å². The minimum atomic E-state index is 0.605. The summed E-state index contributed by atoms with van der Waals surface area (Å²) in [7, 11) is 0. The largest absolute Gasteiger partial charge is 0.208 e. The zero-order chi connectivity index (χ0) is 42.8. The summed E-state index contributed by atoms with van der Waals surface area (Å²) in [6.45, 7) is 0. The van der Waals surface area contributed by atoms with Crippen LogP contribution >= 0.6 is 0 Å². The summed E-state index contributed by atoms with van der Waals surface area (Å²) in [4.78, 5) is 15.1. The lowest BCUT2D eigenvalue weighted by molar-refractivity contribution is 1.07. The molecule has 0 saturated heterocycles. The average Bonchev–Trinajstić information content (AvgIpc) is 3.39. The zero-order valence-electron chi connectivity index (χ0n) is 34.7. The van der Waals surface area contributed by atoms with Gasteiger partial charge in [0.05, 0.1) is 11.6 Å². The molecule has 0 bridgehead atoms. The Hall–Kier alpha value is -8.78. The molecular formula is C60H38N4. The summed E-state index contributed by atoms with van der Waals surface area (Å²) in [5.74, 6) is 1.84. The van der Waals surface area contributed by atoms with Gasteiger partial charge in [-0.05, 0) is 95.4 Å². The molecule has 1 aromatic heterocycles. The van der Waals surface area contributed by atoms with Crippen LogP contribution in [0.15, 0.2) is 231 Å². The first-order valence-corrected chi connectivity index (χ1v) is 21.4. The van der Waals surface area contributed by atoms with Crippen LogP contribution in [0.25, 0.3) is 111 Å². The van der Waals surface area contributed by atoms with E-state index in [0.717, 1.165) is 66.8 Å². The molecule has 1 heterocycles. The van der Waals surface area contributed by atoms with Crippen LogP contribution in [0.1, 0.15) is 5.56 Å². The van der Waals surface area contributed by atoms with Gasteiger partial charge in [0.25, 0.3) is 0 Å². The van der Waals surface area contributed by atoms with Gasteiger partial charge in [0, 0.05) is 16.7 Å². The van der Waals surface area contributed by atoms with Gasteiger partial charge in [0.1, 0.15) is 0 Å². The van der Waals surface area contributed by atoms with Crippen molar-refractivity contribution in [1.82, 2.24) is 15.0 Å². The molecule has 0 saturated carbocycles. The number of hydrogen-bond acceptors (Lipinski definition) is 4. The zero-order valence-corrected chi connectivity index (χ0v) is 34.7. The maximum Gasteiger partial charge on any atom is 0.164 e. The van der Waals surface area contributed by atoms with Crippen molar-refractivity contribution in [2.24, 2.45) is 0 Å². The Labute approximate surface area is 372 Å². The number of aromatic nitrogens is 3. The predicted molar refractivity (Wildman–Crippen MR) is 263 cm³/mol. The van der Waals surface area contributed by atoms with E-state index in [2.05, 4.69) is 170 Å². The Bertz CT molecular complexity index is 3540. The van der Waals surface area contributed by atoms with E-state index in [0.29, 0.717) is 23.0 Å². The Morgan fingerprint density at radius 3 is 1.42 bits per heavy atom. The molecule has 0 aliphatic heterocycles. The lowest BCUT2D eigenvalue weighted by atomic mass is 9.91. The van der Waals surface area contributed by atoms with Gasteiger partial charge in [-0.2, -0.15) is 5.26 Å². The number of nitriles is 1. The summed E-state index contributed by atoms with van der Waals surface area (Å²) in [5.41, 5.74) is 14.0. The highest BCUT2D eigenvalue weighted by Crippen LogP contribution is 2.38. The van der Waals surface area contributed by atoms with E-state index in [-0.39, 0.29) is 0 Å². The van der Waals surface area contributed by atoms with Gasteiger partial charge in [0.2, 0.25) is 0 Å². The topological polar surface area (TPSA) is 62.5 Å². The molecule has 0 spiro atoms. The highest BCUT2D eigenvalue weighted by atomic mass is 15.0. The smallest absolute Gasteiger partial charge is 0.164 e. The standard InChI is InChI=1S/C60H38N4/c61-39-50-37-48(34-35-51(50)42-28-30-43(31-29-42)57-38-49-18-7-8-22-53(49)54-23-10-11-24-55(54)57)47-20-13-19-46(36-47)40-26-32-45(33-27-40)59-62-58(44-16-5-2-6-17-44)63-60(64-59)56-25-12-9-21-52(56)41-14-3-1-4-15-41/h1-38H. The maximum atomic E-state index is 10.4. The molecule has 0 aliphatic rings. The summed E-state index contributed by atoms with van der Waals surface area (Å²) >= 11 is 0. The molecule has 11 rings (SSSR count). The minimum Gasteiger partial charge on any atom is -0.208 e. The third-order valence-corrected chi connectivity index (χ3v) is 12.0. The predicted octanol–water partition coefficient (Wildman–Crippen LogP) is 15.4. The SMILES string of the molecule is N#Cc1cc(-c2cccc(-c3ccc(-c4nc(-c5ccccc5)nc(-c5ccccc5-c5ccccc5)n4)cc3)c2)ccc1-c1ccc(-c2cc3ccccc3c3ccccc23)cc1. The summed E-state index contributed by atoms with van der Waals surface area (Å²) in [6.07, 6.45) is 0. The number of hydrogen-bond donors (Lipinski definition) is 0. The fourth-order valence-electron chi connectivity index (χ4n) is 8.77. The van der Waals surface area contributed by atoms with Crippen molar-refractivity contribution in [2.45, 2.75) is 0 Å². The Balaban J connectivity index is 0.887. The van der Waals surface area contributed by atoms with Gasteiger partial charge >= 0.3 is 0 Å². The first-order chi connectivity index (χ1) is 31.7. The number of benzene rings is 10. The van der Waals surface area contributed by atoms with Crippen LogP contribution in [0.3, 0.4) is 0 Å². The number of nitrogens with zero attached hydrogens (tertiary/aromatic N) is 4. The molecular weight excluding hydrogens is 777 g/mol. The van der Waals surface area contributed by atoms with Gasteiger partial charge in [-0.15, -0.1) is 0 Å². The first kappa shape index (κ1) is 38.2. The second kappa shape index (κ2) is 16.6. The van der Waals surface area contributed by atoms with Crippen molar-refractivity contribution in [1.29, 1.82) is 5.26 Å². The molecule has 0 atom stereocenters. The van der Waals surface area contributed by atoms with Crippen molar-refractivity contribution in [3.63, 3.8) is 0 Å². The van der Waals surface area contributed by atoms with Crippen molar-refractivity contribution in [2.75, 3.05) is 0 Å². The molecule has 0 radical (unpaired) electrons. The molecule has 0 fully saturated rings. The van der Waals surface area contributed by atoms with Crippen LogP contribution in [-0.4, -0.2) is 15.0 Å². The molecule has 0 aliphatic carbocycles. The van der Waals surface area contributed by atoms with E-state index in [1.54, 1.807) is 0 Å². The van der Waals surface area contributed by atoms with Crippen molar-refractivity contribution in [3.8, 4) is 95.9 Å². The van der Waals surface area contributed by atoms with E-state index in [1.165, 1.54) is 27.1 Å². The Morgan fingerprint density at radius 2 is 0.719 bits per heavy atom. The quantitative estimate of drug-likeness (QED) is 0.143.